The van der Waals surface area contributed by atoms with Gasteiger partial charge in [0.15, 0.2) is 0 Å². The molecule has 0 fully saturated rings. The lowest BCUT2D eigenvalue weighted by molar-refractivity contribution is 0.102. The summed E-state index contributed by atoms with van der Waals surface area (Å²) in [6.45, 7) is 2.03. The molecule has 0 spiro atoms. The molecule has 2 aromatic carbocycles. The molecule has 5 nitrogen and oxygen atoms in total. The van der Waals surface area contributed by atoms with E-state index in [2.05, 4.69) is 20.6 Å². The highest BCUT2D eigenvalue weighted by Crippen LogP contribution is 2.30. The SMILES string of the molecule is CCc1ccccc1NC(=O)c1ccnc(Nc2cccc(Cl)c2Cl)n1. The van der Waals surface area contributed by atoms with Crippen molar-refractivity contribution in [3.63, 3.8) is 0 Å². The second-order valence-corrected chi connectivity index (χ2v) is 6.24. The van der Waals surface area contributed by atoms with Gasteiger partial charge in [0, 0.05) is 11.9 Å². The average Bonchev–Trinajstić information content (AvgIpc) is 2.66. The fraction of sp³-hybridized carbons (Fsp3) is 0.105. The number of hydrogen-bond donors (Lipinski definition) is 2. The average molecular weight is 387 g/mol. The van der Waals surface area contributed by atoms with Crippen LogP contribution in [0, 0.1) is 0 Å². The van der Waals surface area contributed by atoms with Crippen molar-refractivity contribution >= 4 is 46.4 Å². The maximum absolute atomic E-state index is 12.5. The molecule has 0 radical (unpaired) electrons. The van der Waals surface area contributed by atoms with Crippen LogP contribution in [0.3, 0.4) is 0 Å². The maximum Gasteiger partial charge on any atom is 0.274 e. The van der Waals surface area contributed by atoms with Gasteiger partial charge in [-0.3, -0.25) is 4.79 Å². The van der Waals surface area contributed by atoms with E-state index in [4.69, 9.17) is 23.2 Å². The summed E-state index contributed by atoms with van der Waals surface area (Å²) >= 11 is 12.2. The van der Waals surface area contributed by atoms with Crippen molar-refractivity contribution in [2.75, 3.05) is 10.6 Å². The highest BCUT2D eigenvalue weighted by atomic mass is 35.5. The van der Waals surface area contributed by atoms with Crippen LogP contribution < -0.4 is 10.6 Å². The van der Waals surface area contributed by atoms with Crippen molar-refractivity contribution in [2.24, 2.45) is 0 Å². The van der Waals surface area contributed by atoms with Gasteiger partial charge in [0.25, 0.3) is 5.91 Å². The van der Waals surface area contributed by atoms with Gasteiger partial charge in [-0.2, -0.15) is 0 Å². The normalized spacial score (nSPS) is 10.4. The van der Waals surface area contributed by atoms with Crippen LogP contribution in [0.4, 0.5) is 17.3 Å². The Labute approximate surface area is 161 Å². The molecule has 1 heterocycles. The molecule has 0 saturated carbocycles. The molecule has 2 N–H and O–H groups in total. The van der Waals surface area contributed by atoms with Crippen molar-refractivity contribution in [1.29, 1.82) is 0 Å². The van der Waals surface area contributed by atoms with E-state index >= 15 is 0 Å². The monoisotopic (exact) mass is 386 g/mol. The van der Waals surface area contributed by atoms with Crippen molar-refractivity contribution in [3.05, 3.63) is 76.0 Å². The van der Waals surface area contributed by atoms with Gasteiger partial charge < -0.3 is 10.6 Å². The van der Waals surface area contributed by atoms with Crippen LogP contribution in [-0.4, -0.2) is 15.9 Å². The van der Waals surface area contributed by atoms with Crippen LogP contribution in [0.2, 0.25) is 10.0 Å². The summed E-state index contributed by atoms with van der Waals surface area (Å²) < 4.78 is 0. The standard InChI is InChI=1S/C19H16Cl2N4O/c1-2-12-6-3-4-8-14(12)23-18(26)16-10-11-22-19(25-16)24-15-9-5-7-13(20)17(15)21/h3-11H,2H2,1H3,(H,23,26)(H,22,24,25). The molecule has 0 aliphatic rings. The van der Waals surface area contributed by atoms with Crippen molar-refractivity contribution < 1.29 is 4.79 Å². The number of anilines is 3. The van der Waals surface area contributed by atoms with Crippen LogP contribution >= 0.6 is 23.2 Å². The number of benzene rings is 2. The molecule has 0 unspecified atom stereocenters. The van der Waals surface area contributed by atoms with Gasteiger partial charge in [0.2, 0.25) is 5.95 Å². The van der Waals surface area contributed by atoms with E-state index in [1.54, 1.807) is 24.3 Å². The molecule has 3 rings (SSSR count). The second kappa shape index (κ2) is 8.17. The number of halogens is 2. The Morgan fingerprint density at radius 3 is 2.62 bits per heavy atom. The number of hydrogen-bond acceptors (Lipinski definition) is 4. The zero-order chi connectivity index (χ0) is 18.5. The van der Waals surface area contributed by atoms with Crippen molar-refractivity contribution in [1.82, 2.24) is 9.97 Å². The number of aryl methyl sites for hydroxylation is 1. The first-order valence-electron chi connectivity index (χ1n) is 8.02. The zero-order valence-corrected chi connectivity index (χ0v) is 15.5. The van der Waals surface area contributed by atoms with Gasteiger partial charge >= 0.3 is 0 Å². The first-order valence-corrected chi connectivity index (χ1v) is 8.77. The summed E-state index contributed by atoms with van der Waals surface area (Å²) in [6.07, 6.45) is 2.33. The number of nitrogens with one attached hydrogen (secondary N) is 2. The molecule has 1 aromatic heterocycles. The Kier molecular flexibility index (Phi) is 5.71. The largest absolute Gasteiger partial charge is 0.323 e. The molecule has 3 aromatic rings. The molecule has 0 atom stereocenters. The van der Waals surface area contributed by atoms with Gasteiger partial charge in [-0.15, -0.1) is 0 Å². The summed E-state index contributed by atoms with van der Waals surface area (Å²) in [5.74, 6) is -0.0564. The van der Waals surface area contributed by atoms with Crippen LogP contribution in [0.25, 0.3) is 0 Å². The minimum absolute atomic E-state index is 0.242. The highest BCUT2D eigenvalue weighted by molar-refractivity contribution is 6.43. The Hall–Kier alpha value is -2.63. The van der Waals surface area contributed by atoms with Gasteiger partial charge in [-0.05, 0) is 36.2 Å². The molecular weight excluding hydrogens is 371 g/mol. The third-order valence-electron chi connectivity index (χ3n) is 3.73. The Bertz CT molecular complexity index is 946. The fourth-order valence-electron chi connectivity index (χ4n) is 2.40. The number of nitrogens with zero attached hydrogens (tertiary/aromatic N) is 2. The van der Waals surface area contributed by atoms with E-state index in [-0.39, 0.29) is 17.5 Å². The number of para-hydroxylation sites is 1. The number of carbonyl (C=O) groups is 1. The molecule has 132 valence electrons. The number of amides is 1. The van der Waals surface area contributed by atoms with E-state index < -0.39 is 0 Å². The molecule has 1 amide bonds. The van der Waals surface area contributed by atoms with E-state index in [9.17, 15) is 4.79 Å². The van der Waals surface area contributed by atoms with Gasteiger partial charge in [0.05, 0.1) is 15.7 Å². The summed E-state index contributed by atoms with van der Waals surface area (Å²) in [4.78, 5) is 20.9. The summed E-state index contributed by atoms with van der Waals surface area (Å²) in [5.41, 5.74) is 2.63. The third-order valence-corrected chi connectivity index (χ3v) is 4.55. The van der Waals surface area contributed by atoms with Gasteiger partial charge in [-0.25, -0.2) is 9.97 Å². The molecule has 0 aliphatic heterocycles. The molecular formula is C19H16Cl2N4O. The van der Waals surface area contributed by atoms with Crippen molar-refractivity contribution in [3.8, 4) is 0 Å². The minimum atomic E-state index is -0.312. The van der Waals surface area contributed by atoms with Crippen LogP contribution in [0.5, 0.6) is 0 Å². The number of rotatable bonds is 5. The van der Waals surface area contributed by atoms with Gasteiger partial charge in [0.1, 0.15) is 5.69 Å². The first kappa shape index (κ1) is 18.2. The summed E-state index contributed by atoms with van der Waals surface area (Å²) in [7, 11) is 0. The Morgan fingerprint density at radius 2 is 1.81 bits per heavy atom. The topological polar surface area (TPSA) is 66.9 Å². The molecule has 0 saturated heterocycles. The third kappa shape index (κ3) is 4.12. The summed E-state index contributed by atoms with van der Waals surface area (Å²) in [6, 6.07) is 14.4. The minimum Gasteiger partial charge on any atom is -0.323 e. The Morgan fingerprint density at radius 1 is 1.04 bits per heavy atom. The summed E-state index contributed by atoms with van der Waals surface area (Å²) in [5, 5.41) is 6.64. The maximum atomic E-state index is 12.5. The Balaban J connectivity index is 1.80. The fourth-order valence-corrected chi connectivity index (χ4v) is 2.75. The molecule has 0 aliphatic carbocycles. The zero-order valence-electron chi connectivity index (χ0n) is 14.0. The van der Waals surface area contributed by atoms with Crippen molar-refractivity contribution in [2.45, 2.75) is 13.3 Å². The van der Waals surface area contributed by atoms with E-state index in [1.807, 2.05) is 31.2 Å². The lowest BCUT2D eigenvalue weighted by Crippen LogP contribution is -2.15. The smallest absolute Gasteiger partial charge is 0.274 e. The predicted molar refractivity (Wildman–Crippen MR) is 106 cm³/mol. The molecule has 26 heavy (non-hydrogen) atoms. The lowest BCUT2D eigenvalue weighted by atomic mass is 10.1. The predicted octanol–water partition coefficient (Wildman–Crippen LogP) is 5.34. The number of carbonyl (C=O) groups excluding carboxylic acids is 1. The van der Waals surface area contributed by atoms with Gasteiger partial charge in [-0.1, -0.05) is 54.4 Å². The van der Waals surface area contributed by atoms with Crippen LogP contribution in [-0.2, 0) is 6.42 Å². The number of aromatic nitrogens is 2. The molecule has 7 heteroatoms. The highest BCUT2D eigenvalue weighted by Gasteiger charge is 2.12. The van der Waals surface area contributed by atoms with Crippen LogP contribution in [0.1, 0.15) is 23.0 Å². The quantitative estimate of drug-likeness (QED) is 0.620. The second-order valence-electron chi connectivity index (χ2n) is 5.46. The van der Waals surface area contributed by atoms with E-state index in [0.717, 1.165) is 17.7 Å². The first-order chi connectivity index (χ1) is 12.6. The van der Waals surface area contributed by atoms with E-state index in [1.165, 1.54) is 6.20 Å². The van der Waals surface area contributed by atoms with E-state index in [0.29, 0.717) is 15.7 Å². The van der Waals surface area contributed by atoms with Crippen LogP contribution in [0.15, 0.2) is 54.7 Å². The molecule has 0 bridgehead atoms. The lowest BCUT2D eigenvalue weighted by Gasteiger charge is -2.11.